The van der Waals surface area contributed by atoms with Crippen molar-refractivity contribution in [3.63, 3.8) is 0 Å². The number of ether oxygens (including phenoxy) is 3. The fraction of sp³-hybridized carbons (Fsp3) is 0.305. The summed E-state index contributed by atoms with van der Waals surface area (Å²) in [6, 6.07) is 28.8. The van der Waals surface area contributed by atoms with Gasteiger partial charge in [0.05, 0.1) is 94.2 Å². The van der Waals surface area contributed by atoms with Crippen LogP contribution in [0.5, 0.6) is 0 Å². The number of pyridine rings is 3. The molecule has 138 heavy (non-hydrogen) atoms. The molecule has 15 rings (SSSR count). The number of nitriles is 1. The Kier molecular flexibility index (Phi) is 30.2. The number of benzene rings is 7. The van der Waals surface area contributed by atoms with E-state index in [0.717, 1.165) is 66.9 Å². The van der Waals surface area contributed by atoms with Crippen molar-refractivity contribution in [3.8, 4) is 39.4 Å². The van der Waals surface area contributed by atoms with Gasteiger partial charge in [0.15, 0.2) is 29.5 Å². The fourth-order valence-electron chi connectivity index (χ4n) is 16.7. The summed E-state index contributed by atoms with van der Waals surface area (Å²) in [6.07, 6.45) is 4.22. The minimum absolute atomic E-state index is 0.0370. The second-order valence-corrected chi connectivity index (χ2v) is 40.9. The Balaban J connectivity index is 0.000000175. The first kappa shape index (κ1) is 101. The molecule has 8 heterocycles. The Morgan fingerprint density at radius 1 is 0.442 bits per heavy atom. The van der Waals surface area contributed by atoms with Crippen molar-refractivity contribution in [1.82, 2.24) is 49.2 Å². The van der Waals surface area contributed by atoms with Gasteiger partial charge in [-0.2, -0.15) is 5.26 Å². The molecule has 3 amide bonds. The number of amides is 3. The highest BCUT2D eigenvalue weighted by Crippen LogP contribution is 2.38. The average Bonchev–Trinajstić information content (AvgIpc) is 0.756. The smallest absolute Gasteiger partial charge is 0.330 e. The molecule has 5 atom stereocenters. The van der Waals surface area contributed by atoms with Gasteiger partial charge in [0.25, 0.3) is 28.8 Å². The van der Waals surface area contributed by atoms with Crippen LogP contribution in [-0.4, -0.2) is 206 Å². The first-order chi connectivity index (χ1) is 65.3. The van der Waals surface area contributed by atoms with E-state index in [1.54, 1.807) is 125 Å². The molecule has 0 radical (unpaired) electrons. The van der Waals surface area contributed by atoms with Gasteiger partial charge in [0.1, 0.15) is 69.7 Å². The molecule has 3 aliphatic heterocycles. The van der Waals surface area contributed by atoms with Gasteiger partial charge in [0, 0.05) is 177 Å². The minimum atomic E-state index is -3.30. The largest absolute Gasteiger partial charge is 0.467 e. The van der Waals surface area contributed by atoms with Crippen LogP contribution in [0.3, 0.4) is 0 Å². The van der Waals surface area contributed by atoms with Gasteiger partial charge in [-0.3, -0.25) is 48.1 Å². The fourth-order valence-corrected chi connectivity index (χ4v) is 20.8. The standard InChI is InChI=1S/2C32H33F2N5O7S.C31H25ClF2N4O5S/c2*1-17-16-39(11-12-47(17,44)45)20-14-23(33)27(24(34)15-20)29(40)36-25(31(42)46-5)13-19-8-9-22(28-21(19)7-6-10-35-28)26-18(2)37(3)32(43)38(4)30(26)41;1-43-31(40)27(37-30(39)28-25(33)15-20(16-26(28)34)38-9-11-44(41,42)12-10-38)14-19-5-7-23(29-21(19)3-2-8-36-29)22-6-4-18(17-35)13-24(22)32/h2*6-10,14-15,17,25H,11-13,16H2,1-5H3,(H,36,40);2-8,13,15-16,27H,9-12,14H2,1H3,(H,37,39)/t17-,25+;17-,25-;27-/m100/s1. The lowest BCUT2D eigenvalue weighted by atomic mass is 9.94. The number of halogens is 7. The maximum absolute atomic E-state index is 15.3. The average molecular weight is 1980 g/mol. The number of nitrogens with zero attached hydrogens (tertiary/aromatic N) is 11. The monoisotopic (exact) mass is 1980 g/mol. The van der Waals surface area contributed by atoms with E-state index >= 15 is 26.3 Å². The van der Waals surface area contributed by atoms with E-state index in [0.29, 0.717) is 93.6 Å². The number of nitrogens with one attached hydrogen (secondary N) is 3. The summed E-state index contributed by atoms with van der Waals surface area (Å²) in [6.45, 7) is 6.61. The molecule has 12 aromatic rings. The number of hydrogen-bond acceptors (Lipinski definition) is 26. The van der Waals surface area contributed by atoms with Crippen LogP contribution in [0, 0.1) is 60.1 Å². The number of anilines is 3. The van der Waals surface area contributed by atoms with E-state index in [-0.39, 0.29) is 110 Å². The van der Waals surface area contributed by atoms with Crippen molar-refractivity contribution in [2.24, 2.45) is 28.2 Å². The molecule has 0 unspecified atom stereocenters. The Morgan fingerprint density at radius 3 is 1.06 bits per heavy atom. The highest BCUT2D eigenvalue weighted by molar-refractivity contribution is 7.92. The van der Waals surface area contributed by atoms with E-state index in [2.05, 4.69) is 30.9 Å². The van der Waals surface area contributed by atoms with E-state index in [1.807, 2.05) is 6.07 Å². The summed E-state index contributed by atoms with van der Waals surface area (Å²) in [5, 5.41) is 16.9. The lowest BCUT2D eigenvalue weighted by Gasteiger charge is -2.32. The summed E-state index contributed by atoms with van der Waals surface area (Å²) in [5.74, 6) is -13.8. The molecule has 0 saturated carbocycles. The highest BCUT2D eigenvalue weighted by Gasteiger charge is 2.37. The SMILES string of the molecule is COC(=O)[C@H](Cc1ccc(-c2c(C)n(C)c(=O)n(C)c2=O)c2ncccc12)NC(=O)c1c(F)cc(N2CCS(=O)(=O)[C@@H](C)C2)cc1F.COC(=O)[C@H](Cc1ccc(-c2c(C)n(C)c(=O)n(C)c2=O)c2ncccc12)NC(=O)c1c(F)cc(N2CCS(=O)(=O)[C@H](C)C2)cc1F.COC(=O)[C@H](Cc1ccc(-c2ccc(C#N)cc2Cl)c2ncccc12)NC(=O)c1c(F)cc(N2CCS(=O)(=O)CC2)cc1F. The lowest BCUT2D eigenvalue weighted by molar-refractivity contribution is -0.143. The second kappa shape index (κ2) is 41.2. The quantitative estimate of drug-likeness (QED) is 0.0344. The molecular formula is C95H91ClF6N14O19S3. The van der Waals surface area contributed by atoms with Crippen LogP contribution in [-0.2, 0) is 106 Å². The van der Waals surface area contributed by atoms with Gasteiger partial charge in [-0.15, -0.1) is 0 Å². The summed E-state index contributed by atoms with van der Waals surface area (Å²) in [5.41, 5.74) is 2.50. The van der Waals surface area contributed by atoms with Crippen molar-refractivity contribution < 1.29 is 94.6 Å². The van der Waals surface area contributed by atoms with Crippen molar-refractivity contribution in [3.05, 3.63) is 278 Å². The normalized spacial score (nSPS) is 16.1. The molecule has 3 saturated heterocycles. The van der Waals surface area contributed by atoms with Crippen LogP contribution >= 0.6 is 11.6 Å². The summed E-state index contributed by atoms with van der Waals surface area (Å²) >= 11 is 6.46. The predicted molar refractivity (Wildman–Crippen MR) is 503 cm³/mol. The number of hydrogen-bond donors (Lipinski definition) is 3. The molecule has 3 aliphatic rings. The molecule has 3 fully saturated rings. The molecule has 0 spiro atoms. The zero-order valence-corrected chi connectivity index (χ0v) is 79.2. The first-order valence-electron chi connectivity index (χ1n) is 42.7. The lowest BCUT2D eigenvalue weighted by Crippen LogP contribution is -2.46. The summed E-state index contributed by atoms with van der Waals surface area (Å²) < 4.78 is 182. The third kappa shape index (κ3) is 20.9. The molecule has 722 valence electrons. The summed E-state index contributed by atoms with van der Waals surface area (Å²) in [4.78, 5) is 147. The van der Waals surface area contributed by atoms with Crippen molar-refractivity contribution in [2.75, 3.05) is 98.3 Å². The number of sulfone groups is 3. The molecule has 43 heteroatoms. The number of fused-ring (bicyclic) bond motifs is 3. The highest BCUT2D eigenvalue weighted by atomic mass is 35.5. The second-order valence-electron chi connectivity index (χ2n) is 33.2. The zero-order valence-electron chi connectivity index (χ0n) is 76.0. The van der Waals surface area contributed by atoms with Gasteiger partial charge in [-0.05, 0) is 111 Å². The summed E-state index contributed by atoms with van der Waals surface area (Å²) in [7, 11) is -0.611. The van der Waals surface area contributed by atoms with Gasteiger partial charge in [0.2, 0.25) is 0 Å². The van der Waals surface area contributed by atoms with Crippen LogP contribution in [0.15, 0.2) is 165 Å². The van der Waals surface area contributed by atoms with E-state index in [1.165, 1.54) is 64.2 Å². The van der Waals surface area contributed by atoms with E-state index in [9.17, 15) is 78.5 Å². The van der Waals surface area contributed by atoms with Gasteiger partial charge >= 0.3 is 29.3 Å². The number of methoxy groups -OCH3 is 3. The predicted octanol–water partition coefficient (Wildman–Crippen LogP) is 8.50. The Morgan fingerprint density at radius 2 is 0.746 bits per heavy atom. The minimum Gasteiger partial charge on any atom is -0.467 e. The van der Waals surface area contributed by atoms with E-state index < -0.39 is 168 Å². The van der Waals surface area contributed by atoms with Crippen LogP contribution in [0.25, 0.3) is 66.1 Å². The Hall–Kier alpha value is -14.4. The van der Waals surface area contributed by atoms with Crippen LogP contribution in [0.1, 0.15) is 78.6 Å². The van der Waals surface area contributed by atoms with Crippen LogP contribution in [0.2, 0.25) is 5.02 Å². The number of carbonyl (C=O) groups excluding carboxylic acids is 6. The molecular weight excluding hydrogens is 1890 g/mol. The first-order valence-corrected chi connectivity index (χ1v) is 48.3. The van der Waals surface area contributed by atoms with Crippen LogP contribution < -0.4 is 53.1 Å². The zero-order chi connectivity index (χ0) is 100. The third-order valence-corrected chi connectivity index (χ3v) is 30.9. The van der Waals surface area contributed by atoms with Crippen molar-refractivity contribution >= 4 is 127 Å². The maximum atomic E-state index is 15.3. The van der Waals surface area contributed by atoms with Crippen LogP contribution in [0.4, 0.5) is 43.4 Å². The molecule has 3 N–H and O–H groups in total. The van der Waals surface area contributed by atoms with Crippen molar-refractivity contribution in [2.45, 2.75) is 75.6 Å². The number of esters is 3. The molecule has 0 bridgehead atoms. The molecule has 7 aromatic carbocycles. The molecule has 33 nitrogen and oxygen atoms in total. The maximum Gasteiger partial charge on any atom is 0.330 e. The van der Waals surface area contributed by atoms with Gasteiger partial charge in [-0.1, -0.05) is 72.3 Å². The number of aromatic nitrogens is 7. The van der Waals surface area contributed by atoms with Crippen molar-refractivity contribution in [1.29, 1.82) is 5.26 Å². The van der Waals surface area contributed by atoms with E-state index in [4.69, 9.17) is 25.8 Å². The molecule has 5 aromatic heterocycles. The van der Waals surface area contributed by atoms with Gasteiger partial charge in [-0.25, -0.2) is 75.6 Å². The number of rotatable bonds is 21. The Bertz CT molecular complexity index is 7300. The van der Waals surface area contributed by atoms with Gasteiger partial charge < -0.3 is 54.0 Å². The topological polar surface area (TPSA) is 429 Å². The third-order valence-electron chi connectivity index (χ3n) is 24.7. The molecule has 0 aliphatic carbocycles. The number of carbonyl (C=O) groups is 6. The Labute approximate surface area is 790 Å².